The van der Waals surface area contributed by atoms with Gasteiger partial charge in [0.1, 0.15) is 0 Å². The Balaban J connectivity index is 2.46. The minimum absolute atomic E-state index is 0.0503. The number of nitriles is 1. The number of sulfonamides is 1. The molecular formula is C15H14N2O3S. The molecule has 108 valence electrons. The number of rotatable bonds is 4. The Hall–Kier alpha value is -2.36. The lowest BCUT2D eigenvalue weighted by atomic mass is 10.2. The van der Waals surface area contributed by atoms with Gasteiger partial charge in [0.05, 0.1) is 28.8 Å². The van der Waals surface area contributed by atoms with Crippen molar-refractivity contribution < 1.29 is 13.5 Å². The zero-order valence-corrected chi connectivity index (χ0v) is 12.2. The van der Waals surface area contributed by atoms with Gasteiger partial charge in [0.25, 0.3) is 10.0 Å². The number of para-hydroxylation sites is 1. The molecule has 0 aromatic heterocycles. The van der Waals surface area contributed by atoms with Crippen molar-refractivity contribution in [1.82, 2.24) is 0 Å². The maximum atomic E-state index is 12.5. The molecule has 0 heterocycles. The van der Waals surface area contributed by atoms with Gasteiger partial charge in [-0.2, -0.15) is 5.26 Å². The summed E-state index contributed by atoms with van der Waals surface area (Å²) in [7, 11) is -3.82. The molecule has 0 radical (unpaired) electrons. The number of aryl methyl sites for hydroxylation is 1. The maximum Gasteiger partial charge on any atom is 0.262 e. The van der Waals surface area contributed by atoms with Crippen molar-refractivity contribution in [3.63, 3.8) is 0 Å². The summed E-state index contributed by atoms with van der Waals surface area (Å²) >= 11 is 0. The quantitative estimate of drug-likeness (QED) is 0.905. The molecule has 2 aromatic carbocycles. The topological polar surface area (TPSA) is 90.2 Å². The molecule has 0 spiro atoms. The Kier molecular flexibility index (Phi) is 4.26. The fraction of sp³-hybridized carbons (Fsp3) is 0.133. The average Bonchev–Trinajstić information content (AvgIpc) is 2.47. The van der Waals surface area contributed by atoms with Gasteiger partial charge in [0, 0.05) is 5.56 Å². The second-order valence-corrected chi connectivity index (χ2v) is 6.16. The third-order valence-corrected chi connectivity index (χ3v) is 4.55. The monoisotopic (exact) mass is 302 g/mol. The lowest BCUT2D eigenvalue weighted by molar-refractivity contribution is 0.282. The Morgan fingerprint density at radius 3 is 2.62 bits per heavy atom. The molecule has 0 aliphatic rings. The summed E-state index contributed by atoms with van der Waals surface area (Å²) in [5.41, 5.74) is 1.62. The molecule has 2 N–H and O–H groups in total. The van der Waals surface area contributed by atoms with E-state index in [1.807, 2.05) is 6.07 Å². The highest BCUT2D eigenvalue weighted by Crippen LogP contribution is 2.23. The van der Waals surface area contributed by atoms with Crippen LogP contribution in [-0.2, 0) is 16.6 Å². The third kappa shape index (κ3) is 3.21. The van der Waals surface area contributed by atoms with Crippen LogP contribution in [0.2, 0.25) is 0 Å². The first kappa shape index (κ1) is 15.0. The molecule has 0 aliphatic heterocycles. The number of aliphatic hydroxyl groups is 1. The van der Waals surface area contributed by atoms with E-state index in [9.17, 15) is 13.5 Å². The predicted molar refractivity (Wildman–Crippen MR) is 79.1 cm³/mol. The number of hydrogen-bond donors (Lipinski definition) is 2. The molecule has 2 rings (SSSR count). The van der Waals surface area contributed by atoms with E-state index in [0.29, 0.717) is 16.8 Å². The minimum atomic E-state index is -3.82. The van der Waals surface area contributed by atoms with Gasteiger partial charge in [-0.15, -0.1) is 0 Å². The highest BCUT2D eigenvalue weighted by Gasteiger charge is 2.18. The van der Waals surface area contributed by atoms with Crippen LogP contribution in [0.25, 0.3) is 0 Å². The van der Waals surface area contributed by atoms with Gasteiger partial charge in [-0.1, -0.05) is 24.3 Å². The first-order valence-corrected chi connectivity index (χ1v) is 7.68. The van der Waals surface area contributed by atoms with Crippen molar-refractivity contribution in [2.45, 2.75) is 18.4 Å². The van der Waals surface area contributed by atoms with Gasteiger partial charge in [-0.05, 0) is 30.7 Å². The van der Waals surface area contributed by atoms with E-state index in [4.69, 9.17) is 5.26 Å². The van der Waals surface area contributed by atoms with Gasteiger partial charge >= 0.3 is 0 Å². The Morgan fingerprint density at radius 1 is 1.24 bits per heavy atom. The number of nitrogens with one attached hydrogen (secondary N) is 1. The predicted octanol–water partition coefficient (Wildman–Crippen LogP) is 2.16. The summed E-state index contributed by atoms with van der Waals surface area (Å²) in [6.07, 6.45) is 0. The summed E-state index contributed by atoms with van der Waals surface area (Å²) in [6.45, 7) is 1.39. The van der Waals surface area contributed by atoms with Crippen LogP contribution in [0.1, 0.15) is 16.7 Å². The molecule has 6 heteroatoms. The highest BCUT2D eigenvalue weighted by molar-refractivity contribution is 7.92. The molecule has 0 amide bonds. The minimum Gasteiger partial charge on any atom is -0.392 e. The van der Waals surface area contributed by atoms with Crippen LogP contribution in [0.15, 0.2) is 47.4 Å². The summed E-state index contributed by atoms with van der Waals surface area (Å²) in [4.78, 5) is 0.0503. The average molecular weight is 302 g/mol. The van der Waals surface area contributed by atoms with E-state index < -0.39 is 10.0 Å². The SMILES string of the molecule is Cc1ccc(C#N)cc1S(=O)(=O)Nc1ccccc1CO. The van der Waals surface area contributed by atoms with E-state index in [2.05, 4.69) is 4.72 Å². The highest BCUT2D eigenvalue weighted by atomic mass is 32.2. The van der Waals surface area contributed by atoms with Crippen LogP contribution in [0.3, 0.4) is 0 Å². The first-order valence-electron chi connectivity index (χ1n) is 6.20. The van der Waals surface area contributed by atoms with Crippen LogP contribution in [0, 0.1) is 18.3 Å². The smallest absolute Gasteiger partial charge is 0.262 e. The Labute approximate surface area is 123 Å². The summed E-state index contributed by atoms with van der Waals surface area (Å²) in [5.74, 6) is 0. The standard InChI is InChI=1S/C15H14N2O3S/c1-11-6-7-12(9-16)8-15(11)21(19,20)17-14-5-3-2-4-13(14)10-18/h2-8,17-18H,10H2,1H3. The fourth-order valence-electron chi connectivity index (χ4n) is 1.92. The molecule has 5 nitrogen and oxygen atoms in total. The third-order valence-electron chi connectivity index (χ3n) is 3.04. The lowest BCUT2D eigenvalue weighted by Gasteiger charge is -2.13. The summed E-state index contributed by atoms with van der Waals surface area (Å²) in [6, 6.07) is 13.0. The van der Waals surface area contributed by atoms with Gasteiger partial charge in [0.15, 0.2) is 0 Å². The van der Waals surface area contributed by atoms with Gasteiger partial charge < -0.3 is 5.11 Å². The van der Waals surface area contributed by atoms with Crippen molar-refractivity contribution in [2.24, 2.45) is 0 Å². The number of nitrogens with zero attached hydrogens (tertiary/aromatic N) is 1. The molecule has 21 heavy (non-hydrogen) atoms. The van der Waals surface area contributed by atoms with Crippen molar-refractivity contribution >= 4 is 15.7 Å². The normalized spacial score (nSPS) is 10.9. The zero-order chi connectivity index (χ0) is 15.5. The zero-order valence-electron chi connectivity index (χ0n) is 11.4. The van der Waals surface area contributed by atoms with E-state index in [0.717, 1.165) is 0 Å². The summed E-state index contributed by atoms with van der Waals surface area (Å²) < 4.78 is 27.4. The molecule has 0 atom stereocenters. The number of hydrogen-bond acceptors (Lipinski definition) is 4. The second kappa shape index (κ2) is 5.95. The van der Waals surface area contributed by atoms with Crippen molar-refractivity contribution in [3.8, 4) is 6.07 Å². The van der Waals surface area contributed by atoms with Crippen molar-refractivity contribution in [2.75, 3.05) is 4.72 Å². The van der Waals surface area contributed by atoms with Crippen molar-refractivity contribution in [1.29, 1.82) is 5.26 Å². The van der Waals surface area contributed by atoms with Crippen LogP contribution < -0.4 is 4.72 Å². The Morgan fingerprint density at radius 2 is 1.95 bits per heavy atom. The second-order valence-electron chi connectivity index (χ2n) is 4.51. The van der Waals surface area contributed by atoms with E-state index in [1.165, 1.54) is 6.07 Å². The van der Waals surface area contributed by atoms with Gasteiger partial charge in [-0.25, -0.2) is 8.42 Å². The molecule has 0 saturated carbocycles. The van der Waals surface area contributed by atoms with Crippen LogP contribution in [0.5, 0.6) is 0 Å². The Bertz CT molecular complexity index is 808. The maximum absolute atomic E-state index is 12.5. The van der Waals surface area contributed by atoms with E-state index >= 15 is 0 Å². The molecule has 0 saturated heterocycles. The van der Waals surface area contributed by atoms with Crippen LogP contribution >= 0.6 is 0 Å². The molecule has 0 bridgehead atoms. The molecular weight excluding hydrogens is 288 g/mol. The van der Waals surface area contributed by atoms with Gasteiger partial charge in [-0.3, -0.25) is 4.72 Å². The van der Waals surface area contributed by atoms with Crippen LogP contribution in [-0.4, -0.2) is 13.5 Å². The molecule has 0 fully saturated rings. The summed E-state index contributed by atoms with van der Waals surface area (Å²) in [5, 5.41) is 18.1. The van der Waals surface area contributed by atoms with Crippen LogP contribution in [0.4, 0.5) is 5.69 Å². The molecule has 0 aliphatic carbocycles. The number of benzene rings is 2. The van der Waals surface area contributed by atoms with E-state index in [1.54, 1.807) is 43.3 Å². The van der Waals surface area contributed by atoms with Gasteiger partial charge in [0.2, 0.25) is 0 Å². The molecule has 0 unspecified atom stereocenters. The van der Waals surface area contributed by atoms with Crippen molar-refractivity contribution in [3.05, 3.63) is 59.2 Å². The number of aliphatic hydroxyl groups excluding tert-OH is 1. The lowest BCUT2D eigenvalue weighted by Crippen LogP contribution is -2.15. The van der Waals surface area contributed by atoms with E-state index in [-0.39, 0.29) is 17.1 Å². The molecule has 2 aromatic rings. The first-order chi connectivity index (χ1) is 9.97. The number of anilines is 1. The fourth-order valence-corrected chi connectivity index (χ4v) is 3.29. The largest absolute Gasteiger partial charge is 0.392 e.